The zero-order valence-electron chi connectivity index (χ0n) is 14.7. The first kappa shape index (κ1) is 17.8. The molecule has 4 nitrogen and oxygen atoms in total. The van der Waals surface area contributed by atoms with Crippen LogP contribution in [0.15, 0.2) is 18.2 Å². The molecule has 0 aromatic heterocycles. The van der Waals surface area contributed by atoms with E-state index in [1.54, 1.807) is 7.11 Å². The van der Waals surface area contributed by atoms with Crippen molar-refractivity contribution >= 4 is 5.69 Å². The molecule has 0 radical (unpaired) electrons. The van der Waals surface area contributed by atoms with Gasteiger partial charge in [-0.15, -0.1) is 0 Å². The fraction of sp³-hybridized carbons (Fsp3) is 0.632. The van der Waals surface area contributed by atoms with E-state index in [-0.39, 0.29) is 0 Å². The zero-order chi connectivity index (χ0) is 16.8. The van der Waals surface area contributed by atoms with Crippen LogP contribution in [0.3, 0.4) is 0 Å². The first-order chi connectivity index (χ1) is 11.1. The summed E-state index contributed by atoms with van der Waals surface area (Å²) < 4.78 is 10.8. The molecule has 1 saturated heterocycles. The van der Waals surface area contributed by atoms with E-state index >= 15 is 0 Å². The number of ether oxygens (including phenoxy) is 2. The summed E-state index contributed by atoms with van der Waals surface area (Å²) in [5.74, 6) is 1.41. The molecule has 1 aliphatic heterocycles. The molecule has 3 atom stereocenters. The van der Waals surface area contributed by atoms with Crippen molar-refractivity contribution in [2.45, 2.75) is 45.7 Å². The molecule has 0 N–H and O–H groups in total. The second kappa shape index (κ2) is 8.33. The van der Waals surface area contributed by atoms with E-state index in [0.717, 1.165) is 12.5 Å². The molecule has 0 bridgehead atoms. The molecule has 1 aliphatic rings. The topological polar surface area (TPSA) is 26.1 Å². The van der Waals surface area contributed by atoms with Crippen molar-refractivity contribution in [1.82, 2.24) is 4.90 Å². The Labute approximate surface area is 140 Å². The summed E-state index contributed by atoms with van der Waals surface area (Å²) >= 11 is 0. The minimum atomic E-state index is 0.331. The predicted octanol–water partition coefficient (Wildman–Crippen LogP) is 4.44. The minimum Gasteiger partial charge on any atom is -0.502 e. The summed E-state index contributed by atoms with van der Waals surface area (Å²) in [6.07, 6.45) is 2.56. The molecule has 0 saturated carbocycles. The summed E-state index contributed by atoms with van der Waals surface area (Å²) in [4.78, 5) is 6.13. The lowest BCUT2D eigenvalue weighted by molar-refractivity contribution is 0.0843. The van der Waals surface area contributed by atoms with Crippen molar-refractivity contribution in [2.24, 2.45) is 5.92 Å². The van der Waals surface area contributed by atoms with Crippen LogP contribution in [0, 0.1) is 12.5 Å². The number of nitrogens with zero attached hydrogens (tertiary/aromatic N) is 2. The van der Waals surface area contributed by atoms with Crippen LogP contribution in [-0.4, -0.2) is 37.8 Å². The van der Waals surface area contributed by atoms with Crippen molar-refractivity contribution in [1.29, 1.82) is 0 Å². The quantitative estimate of drug-likeness (QED) is 0.573. The van der Waals surface area contributed by atoms with Crippen LogP contribution in [0.1, 0.15) is 45.2 Å². The number of hydrogen-bond donors (Lipinski definition) is 0. The molecular formula is C19H28N2O2. The number of benzene rings is 1. The van der Waals surface area contributed by atoms with Crippen molar-refractivity contribution in [2.75, 3.05) is 26.9 Å². The van der Waals surface area contributed by atoms with Crippen LogP contribution in [0.25, 0.3) is 4.85 Å². The summed E-state index contributed by atoms with van der Waals surface area (Å²) in [7, 11) is 1.65. The lowest BCUT2D eigenvalue weighted by atomic mass is 9.92. The number of hydrogen-bond acceptors (Lipinski definition) is 3. The third-order valence-electron chi connectivity index (χ3n) is 4.80. The number of piperidine rings is 1. The van der Waals surface area contributed by atoms with Crippen LogP contribution in [0.5, 0.6) is 5.75 Å². The maximum atomic E-state index is 7.30. The minimum absolute atomic E-state index is 0.331. The van der Waals surface area contributed by atoms with Crippen molar-refractivity contribution in [3.63, 3.8) is 0 Å². The summed E-state index contributed by atoms with van der Waals surface area (Å²) in [6, 6.07) is 6.89. The number of rotatable bonds is 6. The van der Waals surface area contributed by atoms with Gasteiger partial charge in [-0.1, -0.05) is 19.1 Å². The van der Waals surface area contributed by atoms with E-state index < -0.39 is 0 Å². The highest BCUT2D eigenvalue weighted by Gasteiger charge is 2.27. The van der Waals surface area contributed by atoms with Gasteiger partial charge < -0.3 is 9.47 Å². The zero-order valence-corrected chi connectivity index (χ0v) is 14.7. The van der Waals surface area contributed by atoms with Gasteiger partial charge in [-0.3, -0.25) is 4.90 Å². The Bertz CT molecular complexity index is 553. The normalized spacial score (nSPS) is 23.3. The predicted molar refractivity (Wildman–Crippen MR) is 93.1 cm³/mol. The molecule has 0 spiro atoms. The van der Waals surface area contributed by atoms with Gasteiger partial charge in [-0.05, 0) is 44.2 Å². The van der Waals surface area contributed by atoms with Crippen LogP contribution < -0.4 is 4.74 Å². The molecule has 1 heterocycles. The molecule has 4 heteroatoms. The van der Waals surface area contributed by atoms with E-state index in [9.17, 15) is 0 Å². The standard InChI is InChI=1S/C19H28N2O2/c1-14-6-7-15(2)21(13-14)16(3)17-8-9-18(20-4)19(12-17)23-11-10-22-5/h8-9,12,14-16H,6-7,10-11,13H2,1-3,5H3/t14-,15-,16?/m1/s1. The smallest absolute Gasteiger partial charge is 0.228 e. The van der Waals surface area contributed by atoms with Gasteiger partial charge in [0.15, 0.2) is 0 Å². The summed E-state index contributed by atoms with van der Waals surface area (Å²) in [6.45, 7) is 16.3. The summed E-state index contributed by atoms with van der Waals surface area (Å²) in [5, 5.41) is 0. The highest BCUT2D eigenvalue weighted by Crippen LogP contribution is 2.35. The molecule has 126 valence electrons. The Morgan fingerprint density at radius 2 is 2.09 bits per heavy atom. The largest absolute Gasteiger partial charge is 0.502 e. The lowest BCUT2D eigenvalue weighted by Gasteiger charge is -2.41. The second-order valence-electron chi connectivity index (χ2n) is 6.58. The Morgan fingerprint density at radius 3 is 2.78 bits per heavy atom. The van der Waals surface area contributed by atoms with Gasteiger partial charge >= 0.3 is 0 Å². The maximum absolute atomic E-state index is 7.30. The van der Waals surface area contributed by atoms with E-state index in [1.807, 2.05) is 12.1 Å². The molecule has 23 heavy (non-hydrogen) atoms. The Balaban J connectivity index is 2.17. The fourth-order valence-electron chi connectivity index (χ4n) is 3.29. The van der Waals surface area contributed by atoms with E-state index in [0.29, 0.717) is 36.7 Å². The fourth-order valence-corrected chi connectivity index (χ4v) is 3.29. The van der Waals surface area contributed by atoms with Crippen molar-refractivity contribution < 1.29 is 9.47 Å². The van der Waals surface area contributed by atoms with Crippen LogP contribution in [-0.2, 0) is 4.74 Å². The van der Waals surface area contributed by atoms with Gasteiger partial charge in [0.25, 0.3) is 0 Å². The van der Waals surface area contributed by atoms with E-state index in [4.69, 9.17) is 16.0 Å². The molecule has 1 unspecified atom stereocenters. The van der Waals surface area contributed by atoms with Gasteiger partial charge in [0.1, 0.15) is 12.4 Å². The first-order valence-electron chi connectivity index (χ1n) is 8.45. The number of likely N-dealkylation sites (tertiary alicyclic amines) is 1. The Kier molecular flexibility index (Phi) is 6.44. The Hall–Kier alpha value is -1.57. The van der Waals surface area contributed by atoms with E-state index in [1.165, 1.54) is 18.4 Å². The van der Waals surface area contributed by atoms with Crippen LogP contribution in [0.4, 0.5) is 5.69 Å². The lowest BCUT2D eigenvalue weighted by Crippen LogP contribution is -2.42. The van der Waals surface area contributed by atoms with Gasteiger partial charge in [-0.25, -0.2) is 4.85 Å². The highest BCUT2D eigenvalue weighted by molar-refractivity contribution is 5.59. The van der Waals surface area contributed by atoms with Gasteiger partial charge in [0.2, 0.25) is 5.69 Å². The van der Waals surface area contributed by atoms with Gasteiger partial charge in [0.05, 0.1) is 13.2 Å². The SMILES string of the molecule is [C-]#[N+]c1ccc(C(C)N2C[C@H](C)CC[C@H]2C)cc1OCCOC. The van der Waals surface area contributed by atoms with Gasteiger partial charge in [-0.2, -0.15) is 0 Å². The maximum Gasteiger partial charge on any atom is 0.228 e. The molecule has 1 fully saturated rings. The van der Waals surface area contributed by atoms with Crippen molar-refractivity contribution in [3.8, 4) is 5.75 Å². The molecule has 2 rings (SSSR count). The third kappa shape index (κ3) is 4.46. The second-order valence-corrected chi connectivity index (χ2v) is 6.58. The molecular weight excluding hydrogens is 288 g/mol. The molecule has 1 aromatic rings. The van der Waals surface area contributed by atoms with Crippen molar-refractivity contribution in [3.05, 3.63) is 35.2 Å². The average Bonchev–Trinajstić information content (AvgIpc) is 2.56. The monoisotopic (exact) mass is 316 g/mol. The number of methoxy groups -OCH3 is 1. The Morgan fingerprint density at radius 1 is 1.30 bits per heavy atom. The average molecular weight is 316 g/mol. The molecule has 0 amide bonds. The van der Waals surface area contributed by atoms with E-state index in [2.05, 4.69) is 36.6 Å². The summed E-state index contributed by atoms with van der Waals surface area (Å²) in [5.41, 5.74) is 1.78. The molecule has 1 aromatic carbocycles. The highest BCUT2D eigenvalue weighted by atomic mass is 16.5. The van der Waals surface area contributed by atoms with Crippen LogP contribution >= 0.6 is 0 Å². The van der Waals surface area contributed by atoms with Gasteiger partial charge in [0, 0.05) is 25.7 Å². The molecule has 0 aliphatic carbocycles. The van der Waals surface area contributed by atoms with Crippen LogP contribution in [0.2, 0.25) is 0 Å². The first-order valence-corrected chi connectivity index (χ1v) is 8.45. The third-order valence-corrected chi connectivity index (χ3v) is 4.80.